The molecule has 0 aromatic heterocycles. The van der Waals surface area contributed by atoms with Gasteiger partial charge in [0.1, 0.15) is 0 Å². The maximum atomic E-state index is 12.7. The zero-order valence-corrected chi connectivity index (χ0v) is 41.3. The highest BCUT2D eigenvalue weighted by atomic mass is 32.2. The molecule has 0 saturated carbocycles. The summed E-state index contributed by atoms with van der Waals surface area (Å²) >= 11 is 0. The molecule has 64 heavy (non-hydrogen) atoms. The van der Waals surface area contributed by atoms with Gasteiger partial charge < -0.3 is 56.8 Å². The van der Waals surface area contributed by atoms with Crippen LogP contribution < -0.4 is 0 Å². The molecule has 1 aromatic rings. The van der Waals surface area contributed by atoms with E-state index < -0.39 is 31.1 Å². The lowest BCUT2D eigenvalue weighted by atomic mass is 9.79. The third kappa shape index (κ3) is 34.8. The molecular weight excluding hydrogens is 881 g/mol. The van der Waals surface area contributed by atoms with E-state index in [-0.39, 0.29) is 50.8 Å². The predicted octanol–water partition coefficient (Wildman–Crippen LogP) is 3.95. The van der Waals surface area contributed by atoms with Gasteiger partial charge in [-0.15, -0.1) is 0 Å². The molecule has 0 bridgehead atoms. The summed E-state index contributed by atoms with van der Waals surface area (Å²) in [4.78, 5) is 0. The van der Waals surface area contributed by atoms with Gasteiger partial charge in [-0.1, -0.05) is 52.0 Å². The number of benzene rings is 1. The average Bonchev–Trinajstić information content (AvgIpc) is 3.27. The predicted molar refractivity (Wildman–Crippen MR) is 242 cm³/mol. The second-order valence-corrected chi connectivity index (χ2v) is 19.1. The molecule has 0 radical (unpaired) electrons. The molecule has 0 fully saturated rings. The van der Waals surface area contributed by atoms with Crippen molar-refractivity contribution in [2.75, 3.05) is 183 Å². The van der Waals surface area contributed by atoms with Crippen molar-refractivity contribution in [1.29, 1.82) is 0 Å². The van der Waals surface area contributed by atoms with Gasteiger partial charge in [0.2, 0.25) is 0 Å². The smallest absolute Gasteiger partial charge is 0.267 e. The van der Waals surface area contributed by atoms with Gasteiger partial charge in [-0.2, -0.15) is 16.8 Å². The van der Waals surface area contributed by atoms with Crippen molar-refractivity contribution in [3.8, 4) is 0 Å². The molecule has 0 heterocycles. The molecule has 378 valence electrons. The summed E-state index contributed by atoms with van der Waals surface area (Å²) in [5.74, 6) is -0.361. The van der Waals surface area contributed by atoms with Crippen LogP contribution in [0, 0.1) is 0 Å². The van der Waals surface area contributed by atoms with Crippen molar-refractivity contribution in [3.05, 3.63) is 35.4 Å². The third-order valence-corrected chi connectivity index (χ3v) is 11.6. The molecule has 0 spiro atoms. The van der Waals surface area contributed by atoms with Gasteiger partial charge in [0.25, 0.3) is 20.2 Å². The Morgan fingerprint density at radius 2 is 0.609 bits per heavy atom. The first-order chi connectivity index (χ1) is 30.7. The largest absolute Gasteiger partial charge is 0.379 e. The summed E-state index contributed by atoms with van der Waals surface area (Å²) in [6.07, 6.45) is 0.556. The summed E-state index contributed by atoms with van der Waals surface area (Å²) < 4.78 is 127. The summed E-state index contributed by atoms with van der Waals surface area (Å²) in [5, 5.41) is 0. The molecule has 20 heteroatoms. The minimum atomic E-state index is -3.80. The number of hydrogen-bond acceptors (Lipinski definition) is 18. The maximum Gasteiger partial charge on any atom is 0.267 e. The van der Waals surface area contributed by atoms with Crippen LogP contribution in [0.5, 0.6) is 0 Å². The fourth-order valence-corrected chi connectivity index (χ4v) is 7.41. The molecule has 0 aliphatic heterocycles. The van der Waals surface area contributed by atoms with Crippen molar-refractivity contribution >= 4 is 20.2 Å². The Morgan fingerprint density at radius 3 is 0.859 bits per heavy atom. The van der Waals surface area contributed by atoms with Crippen LogP contribution >= 0.6 is 0 Å². The SMILES string of the molecule is CCOCCOCCOCCOCCOCCOCCCS(=O)(=O)OCC(C)(C)c1cccc(C(C)(C)COS(=O)(=O)CCCOCCOCCOCCOCCOCCOCC)c1. The zero-order valence-electron chi connectivity index (χ0n) is 39.7. The minimum absolute atomic E-state index is 0.0670. The first-order valence-corrected chi connectivity index (χ1v) is 25.7. The molecule has 0 saturated heterocycles. The van der Waals surface area contributed by atoms with E-state index in [1.54, 1.807) is 0 Å². The highest BCUT2D eigenvalue weighted by Gasteiger charge is 2.29. The maximum absolute atomic E-state index is 12.7. The Kier molecular flexibility index (Phi) is 36.5. The van der Waals surface area contributed by atoms with Crippen molar-refractivity contribution in [3.63, 3.8) is 0 Å². The van der Waals surface area contributed by atoms with Crippen LogP contribution in [-0.4, -0.2) is 200 Å². The highest BCUT2D eigenvalue weighted by molar-refractivity contribution is 7.86. The van der Waals surface area contributed by atoms with Crippen LogP contribution in [0.25, 0.3) is 0 Å². The monoisotopic (exact) mass is 962 g/mol. The number of rotatable bonds is 48. The first-order valence-electron chi connectivity index (χ1n) is 22.5. The molecule has 0 aliphatic carbocycles. The van der Waals surface area contributed by atoms with E-state index >= 15 is 0 Å². The molecule has 0 atom stereocenters. The second-order valence-electron chi connectivity index (χ2n) is 15.6. The molecular formula is C44H82O18S2. The van der Waals surface area contributed by atoms with E-state index in [9.17, 15) is 16.8 Å². The van der Waals surface area contributed by atoms with Crippen LogP contribution in [0.3, 0.4) is 0 Å². The molecule has 0 aliphatic rings. The summed E-state index contributed by atoms with van der Waals surface area (Å²) in [6, 6.07) is 7.60. The van der Waals surface area contributed by atoms with Gasteiger partial charge in [0.15, 0.2) is 0 Å². The topological polar surface area (TPSA) is 197 Å². The van der Waals surface area contributed by atoms with Crippen LogP contribution in [0.2, 0.25) is 0 Å². The van der Waals surface area contributed by atoms with E-state index in [4.69, 9.17) is 65.2 Å². The van der Waals surface area contributed by atoms with Crippen molar-refractivity contribution in [2.45, 2.75) is 65.2 Å². The molecule has 1 rings (SSSR count). The molecule has 0 unspecified atom stereocenters. The fraction of sp³-hybridized carbons (Fsp3) is 0.864. The lowest BCUT2D eigenvalue weighted by Gasteiger charge is -2.29. The van der Waals surface area contributed by atoms with Gasteiger partial charge in [0, 0.05) is 37.3 Å². The molecule has 0 amide bonds. The standard InChI is InChI=1S/C44H82O18S2/c1-7-49-16-18-53-24-26-57-32-34-59-30-28-55-22-20-51-14-10-36-63(45,46)61-39-43(3,4)41-12-9-13-42(38-41)44(5,6)40-62-64(47,48)37-11-15-52-21-23-56-29-31-60-35-33-58-27-25-54-19-17-50-8-2/h9,12-13,38H,7-8,10-11,14-37,39-40H2,1-6H3. The number of ether oxygens (including phenoxy) is 12. The molecule has 0 N–H and O–H groups in total. The fourth-order valence-electron chi connectivity index (χ4n) is 5.28. The number of hydrogen-bond donors (Lipinski definition) is 0. The second kappa shape index (κ2) is 38.5. The van der Waals surface area contributed by atoms with Gasteiger partial charge in [-0.3, -0.25) is 8.37 Å². The van der Waals surface area contributed by atoms with Gasteiger partial charge >= 0.3 is 0 Å². The summed E-state index contributed by atoms with van der Waals surface area (Å²) in [7, 11) is -7.60. The first kappa shape index (κ1) is 60.6. The van der Waals surface area contributed by atoms with Gasteiger partial charge in [-0.25, -0.2) is 0 Å². The lowest BCUT2D eigenvalue weighted by Crippen LogP contribution is -2.30. The quantitative estimate of drug-likeness (QED) is 0.0672. The average molecular weight is 963 g/mol. The van der Waals surface area contributed by atoms with Crippen LogP contribution in [-0.2, 0) is 96.3 Å². The highest BCUT2D eigenvalue weighted by Crippen LogP contribution is 2.31. The Bertz CT molecular complexity index is 1340. The Balaban J connectivity index is 2.18. The Hall–Kier alpha value is -1.44. The molecule has 18 nitrogen and oxygen atoms in total. The van der Waals surface area contributed by atoms with E-state index in [0.717, 1.165) is 11.1 Å². The summed E-state index contributed by atoms with van der Waals surface area (Å²) in [5.41, 5.74) is 0.365. The van der Waals surface area contributed by atoms with E-state index in [2.05, 4.69) is 0 Å². The van der Waals surface area contributed by atoms with Gasteiger partial charge in [-0.05, 0) is 37.8 Å². The summed E-state index contributed by atoms with van der Waals surface area (Å²) in [6.45, 7) is 22.5. The van der Waals surface area contributed by atoms with Crippen LogP contribution in [0.1, 0.15) is 65.5 Å². The van der Waals surface area contributed by atoms with E-state index in [1.807, 2.05) is 65.8 Å². The van der Waals surface area contributed by atoms with Crippen LogP contribution in [0.4, 0.5) is 0 Å². The Morgan fingerprint density at radius 1 is 0.375 bits per heavy atom. The van der Waals surface area contributed by atoms with E-state index in [1.165, 1.54) is 0 Å². The zero-order chi connectivity index (χ0) is 47.1. The normalized spacial score (nSPS) is 12.7. The van der Waals surface area contributed by atoms with Gasteiger partial charge in [0.05, 0.1) is 157 Å². The minimum Gasteiger partial charge on any atom is -0.379 e. The van der Waals surface area contributed by atoms with Crippen molar-refractivity contribution in [2.24, 2.45) is 0 Å². The van der Waals surface area contributed by atoms with E-state index in [0.29, 0.717) is 145 Å². The van der Waals surface area contributed by atoms with Crippen molar-refractivity contribution in [1.82, 2.24) is 0 Å². The van der Waals surface area contributed by atoms with Crippen LogP contribution in [0.15, 0.2) is 24.3 Å². The third-order valence-electron chi connectivity index (χ3n) is 9.12. The molecule has 1 aromatic carbocycles. The Labute approximate surface area is 385 Å². The van der Waals surface area contributed by atoms with Crippen molar-refractivity contribution < 1.29 is 82.0 Å². The lowest BCUT2D eigenvalue weighted by molar-refractivity contribution is -0.0161.